The molecule has 0 bridgehead atoms. The van der Waals surface area contributed by atoms with Crippen LogP contribution in [0.1, 0.15) is 23.2 Å². The van der Waals surface area contributed by atoms with Crippen molar-refractivity contribution in [3.05, 3.63) is 71.5 Å². The van der Waals surface area contributed by atoms with Crippen LogP contribution in [-0.4, -0.2) is 47.5 Å². The predicted molar refractivity (Wildman–Crippen MR) is 119 cm³/mol. The monoisotopic (exact) mass is 402 g/mol. The topological polar surface area (TPSA) is 70.8 Å². The molecule has 6 nitrogen and oxygen atoms in total. The summed E-state index contributed by atoms with van der Waals surface area (Å²) in [5.74, 6) is 0.689. The van der Waals surface area contributed by atoms with Gasteiger partial charge in [-0.05, 0) is 25.1 Å². The maximum Gasteiger partial charge on any atom is 0.216 e. The number of ether oxygens (including phenoxy) is 1. The van der Waals surface area contributed by atoms with Crippen LogP contribution in [0, 0.1) is 6.92 Å². The van der Waals surface area contributed by atoms with Crippen LogP contribution in [0.5, 0.6) is 5.88 Å². The van der Waals surface area contributed by atoms with Crippen molar-refractivity contribution >= 4 is 11.9 Å². The average molecular weight is 402 g/mol. The third-order valence-electron chi connectivity index (χ3n) is 5.33. The molecular formula is C24H26N4O2. The van der Waals surface area contributed by atoms with E-state index in [4.69, 9.17) is 9.72 Å². The number of anilines is 1. The molecule has 1 aromatic carbocycles. The van der Waals surface area contributed by atoms with E-state index in [1.54, 1.807) is 13.2 Å². The molecule has 0 spiro atoms. The van der Waals surface area contributed by atoms with Crippen molar-refractivity contribution in [2.24, 2.45) is 4.99 Å². The van der Waals surface area contributed by atoms with Gasteiger partial charge in [-0.15, -0.1) is 0 Å². The molecule has 1 N–H and O–H groups in total. The standard InChI is InChI=1S/C24H26N4O2/c1-17-6-5-12-26-24(17)30-19-11-13-28(15-19)23-10-9-21(27-22(23)16-29)20-8-4-3-7-18(20)14-25-2/h3-10,12,14,19,29H,11,13,15-16H2,1-2H3/b25-14+/t19-/m0/s1. The SMILES string of the molecule is C/N=C/c1ccccc1-c1ccc(N2CC[C@H](Oc3ncccc3C)C2)c(CO)n1. The number of hydrogen-bond donors (Lipinski definition) is 1. The molecule has 6 heteroatoms. The summed E-state index contributed by atoms with van der Waals surface area (Å²) in [5.41, 5.74) is 5.49. The van der Waals surface area contributed by atoms with Gasteiger partial charge in [-0.3, -0.25) is 4.99 Å². The van der Waals surface area contributed by atoms with Gasteiger partial charge in [0.05, 0.1) is 30.2 Å². The van der Waals surface area contributed by atoms with E-state index in [0.29, 0.717) is 11.6 Å². The summed E-state index contributed by atoms with van der Waals surface area (Å²) in [5, 5.41) is 10.0. The molecule has 30 heavy (non-hydrogen) atoms. The molecule has 3 heterocycles. The third-order valence-corrected chi connectivity index (χ3v) is 5.33. The Labute approximate surface area is 176 Å². The van der Waals surface area contributed by atoms with Crippen LogP contribution in [-0.2, 0) is 6.61 Å². The Morgan fingerprint density at radius 2 is 2.07 bits per heavy atom. The van der Waals surface area contributed by atoms with E-state index in [1.807, 2.05) is 61.7 Å². The highest BCUT2D eigenvalue weighted by Crippen LogP contribution is 2.29. The fourth-order valence-electron chi connectivity index (χ4n) is 3.83. The van der Waals surface area contributed by atoms with E-state index in [2.05, 4.69) is 14.9 Å². The molecule has 0 amide bonds. The second-order valence-electron chi connectivity index (χ2n) is 7.39. The molecule has 0 saturated carbocycles. The maximum atomic E-state index is 10.0. The maximum absolute atomic E-state index is 10.0. The van der Waals surface area contributed by atoms with Crippen molar-refractivity contribution in [1.29, 1.82) is 0 Å². The molecule has 0 unspecified atom stereocenters. The van der Waals surface area contributed by atoms with Gasteiger partial charge in [0.25, 0.3) is 0 Å². The van der Waals surface area contributed by atoms with Crippen molar-refractivity contribution < 1.29 is 9.84 Å². The van der Waals surface area contributed by atoms with Crippen LogP contribution in [0.15, 0.2) is 59.7 Å². The smallest absolute Gasteiger partial charge is 0.216 e. The second-order valence-corrected chi connectivity index (χ2v) is 7.39. The zero-order chi connectivity index (χ0) is 20.9. The number of aliphatic imine (C=N–C) groups is 1. The highest BCUT2D eigenvalue weighted by molar-refractivity contribution is 5.89. The van der Waals surface area contributed by atoms with E-state index < -0.39 is 0 Å². The highest BCUT2D eigenvalue weighted by Gasteiger charge is 2.27. The minimum absolute atomic E-state index is 0.0614. The molecule has 0 radical (unpaired) electrons. The second kappa shape index (κ2) is 9.05. The molecule has 3 aromatic rings. The number of pyridine rings is 2. The molecule has 1 aliphatic rings. The third kappa shape index (κ3) is 4.19. The summed E-state index contributed by atoms with van der Waals surface area (Å²) in [7, 11) is 1.75. The minimum Gasteiger partial charge on any atom is -0.472 e. The Balaban J connectivity index is 1.55. The summed E-state index contributed by atoms with van der Waals surface area (Å²) in [6.07, 6.45) is 4.54. The number of rotatable bonds is 6. The van der Waals surface area contributed by atoms with Crippen molar-refractivity contribution in [3.63, 3.8) is 0 Å². The van der Waals surface area contributed by atoms with Gasteiger partial charge in [0, 0.05) is 49.1 Å². The summed E-state index contributed by atoms with van der Waals surface area (Å²) in [4.78, 5) is 15.5. The average Bonchev–Trinajstić information content (AvgIpc) is 3.24. The van der Waals surface area contributed by atoms with Crippen molar-refractivity contribution in [1.82, 2.24) is 9.97 Å². The zero-order valence-corrected chi connectivity index (χ0v) is 17.3. The lowest BCUT2D eigenvalue weighted by Gasteiger charge is -2.22. The van der Waals surface area contributed by atoms with Gasteiger partial charge in [0.1, 0.15) is 6.10 Å². The summed E-state index contributed by atoms with van der Waals surface area (Å²) in [6, 6.07) is 16.0. The van der Waals surface area contributed by atoms with Crippen molar-refractivity contribution in [3.8, 4) is 17.1 Å². The first-order valence-corrected chi connectivity index (χ1v) is 10.1. The molecule has 0 aliphatic carbocycles. The number of aromatic nitrogens is 2. The number of aliphatic hydroxyl groups excluding tert-OH is 1. The fraction of sp³-hybridized carbons (Fsp3) is 0.292. The van der Waals surface area contributed by atoms with E-state index in [9.17, 15) is 5.11 Å². The van der Waals surface area contributed by atoms with E-state index in [0.717, 1.165) is 47.6 Å². The van der Waals surface area contributed by atoms with Gasteiger partial charge in [0.2, 0.25) is 5.88 Å². The van der Waals surface area contributed by atoms with E-state index in [-0.39, 0.29) is 12.7 Å². The van der Waals surface area contributed by atoms with Crippen LogP contribution < -0.4 is 9.64 Å². The predicted octanol–water partition coefficient (Wildman–Crippen LogP) is 3.65. The van der Waals surface area contributed by atoms with Crippen LogP contribution in [0.25, 0.3) is 11.3 Å². The summed E-state index contributed by atoms with van der Waals surface area (Å²) in [6.45, 7) is 3.48. The molecule has 4 rings (SSSR count). The van der Waals surface area contributed by atoms with Gasteiger partial charge < -0.3 is 14.7 Å². The number of benzene rings is 1. The Bertz CT molecular complexity index is 1050. The Morgan fingerprint density at radius 3 is 2.87 bits per heavy atom. The van der Waals surface area contributed by atoms with E-state index >= 15 is 0 Å². The van der Waals surface area contributed by atoms with E-state index in [1.165, 1.54) is 0 Å². The molecular weight excluding hydrogens is 376 g/mol. The first kappa shape index (κ1) is 20.0. The minimum atomic E-state index is -0.116. The largest absolute Gasteiger partial charge is 0.472 e. The Morgan fingerprint density at radius 1 is 1.20 bits per heavy atom. The number of aryl methyl sites for hydroxylation is 1. The zero-order valence-electron chi connectivity index (χ0n) is 17.3. The summed E-state index contributed by atoms with van der Waals surface area (Å²) >= 11 is 0. The number of nitrogens with zero attached hydrogens (tertiary/aromatic N) is 4. The van der Waals surface area contributed by atoms with Crippen molar-refractivity contribution in [2.75, 3.05) is 25.0 Å². The van der Waals surface area contributed by atoms with Gasteiger partial charge in [-0.2, -0.15) is 0 Å². The molecule has 1 fully saturated rings. The lowest BCUT2D eigenvalue weighted by molar-refractivity contribution is 0.214. The van der Waals surface area contributed by atoms with Crippen molar-refractivity contribution in [2.45, 2.75) is 26.1 Å². The van der Waals surface area contributed by atoms with Crippen LogP contribution >= 0.6 is 0 Å². The molecule has 1 saturated heterocycles. The normalized spacial score (nSPS) is 16.4. The lowest BCUT2D eigenvalue weighted by Crippen LogP contribution is -2.26. The Kier molecular flexibility index (Phi) is 6.05. The highest BCUT2D eigenvalue weighted by atomic mass is 16.5. The molecule has 2 aromatic heterocycles. The number of hydrogen-bond acceptors (Lipinski definition) is 6. The molecule has 1 aliphatic heterocycles. The number of aliphatic hydroxyl groups is 1. The molecule has 154 valence electrons. The van der Waals surface area contributed by atoms with Gasteiger partial charge in [-0.25, -0.2) is 9.97 Å². The van der Waals surface area contributed by atoms with Crippen LogP contribution in [0.4, 0.5) is 5.69 Å². The first-order valence-electron chi connectivity index (χ1n) is 10.1. The molecule has 1 atom stereocenters. The quantitative estimate of drug-likeness (QED) is 0.638. The fourth-order valence-corrected chi connectivity index (χ4v) is 3.83. The first-order chi connectivity index (χ1) is 14.7. The van der Waals surface area contributed by atoms with Crippen LogP contribution in [0.2, 0.25) is 0 Å². The van der Waals surface area contributed by atoms with Crippen LogP contribution in [0.3, 0.4) is 0 Å². The van der Waals surface area contributed by atoms with Gasteiger partial charge in [0.15, 0.2) is 0 Å². The summed E-state index contributed by atoms with van der Waals surface area (Å²) < 4.78 is 6.12. The van der Waals surface area contributed by atoms with Gasteiger partial charge >= 0.3 is 0 Å². The Hall–Kier alpha value is -3.25. The van der Waals surface area contributed by atoms with Gasteiger partial charge in [-0.1, -0.05) is 30.3 Å². The lowest BCUT2D eigenvalue weighted by atomic mass is 10.0.